The molecule has 0 spiro atoms. The average Bonchev–Trinajstić information content (AvgIpc) is 2.55. The van der Waals surface area contributed by atoms with Gasteiger partial charge in [0.05, 0.1) is 0 Å². The molecule has 0 aliphatic carbocycles. The number of hydrogen-bond donors (Lipinski definition) is 0. The van der Waals surface area contributed by atoms with E-state index in [1.54, 1.807) is 0 Å². The maximum Gasteiger partial charge on any atom is 2.00 e. The van der Waals surface area contributed by atoms with Crippen LogP contribution >= 0.6 is 0 Å². The van der Waals surface area contributed by atoms with Crippen molar-refractivity contribution in [3.63, 3.8) is 0 Å². The van der Waals surface area contributed by atoms with Gasteiger partial charge in [0.15, 0.2) is 0 Å². The zero-order chi connectivity index (χ0) is 18.8. The zero-order valence-corrected chi connectivity index (χ0v) is 24.1. The van der Waals surface area contributed by atoms with E-state index >= 15 is 0 Å². The molecule has 0 amide bonds. The van der Waals surface area contributed by atoms with Crippen molar-refractivity contribution >= 4 is 70.1 Å². The van der Waals surface area contributed by atoms with Gasteiger partial charge >= 0.3 is 202 Å². The minimum absolute atomic E-state index is 0. The van der Waals surface area contributed by atoms with E-state index in [9.17, 15) is 0 Å². The zero-order valence-electron chi connectivity index (χ0n) is 16.3. The van der Waals surface area contributed by atoms with Crippen molar-refractivity contribution in [2.24, 2.45) is 0 Å². The van der Waals surface area contributed by atoms with Crippen LogP contribution in [0.1, 0.15) is 79.1 Å². The van der Waals surface area contributed by atoms with Crippen molar-refractivity contribution in [2.45, 2.75) is 79.1 Å². The van der Waals surface area contributed by atoms with Crippen LogP contribution in [0.15, 0.2) is 0 Å². The Bertz CT molecular complexity index is 271. The first-order chi connectivity index (χ1) is 11.4. The fourth-order valence-corrected chi connectivity index (χ4v) is 3.52. The first kappa shape index (κ1) is 31.6. The average molecular weight is 660 g/mol. The molecule has 0 rings (SSSR count). The molecule has 0 bridgehead atoms. The third kappa shape index (κ3) is 22.1. The molecule has 153 valence electrons. The predicted octanol–water partition coefficient (Wildman–Crippen LogP) is 2.62. The van der Waals surface area contributed by atoms with Crippen LogP contribution in [-0.4, -0.2) is 106 Å². The second kappa shape index (κ2) is 24.0. The Balaban J connectivity index is -0.000000372. The summed E-state index contributed by atoms with van der Waals surface area (Å²) in [6.45, 7) is 13.7. The maximum absolute atomic E-state index is 3.04. The fourth-order valence-electron chi connectivity index (χ4n) is 1.98. The topological polar surface area (TPSA) is 6.48 Å². The van der Waals surface area contributed by atoms with Gasteiger partial charge in [0.25, 0.3) is 0 Å². The van der Waals surface area contributed by atoms with Crippen LogP contribution in [-0.2, 0) is 17.1 Å². The minimum Gasteiger partial charge on any atom is 2.00 e. The molecule has 2 nitrogen and oxygen atoms in total. The molecule has 0 saturated carbocycles. The first-order valence-electron chi connectivity index (χ1n) is 9.36. The van der Waals surface area contributed by atoms with Crippen molar-refractivity contribution in [2.75, 3.05) is 26.2 Å². The van der Waals surface area contributed by atoms with Crippen molar-refractivity contribution < 1.29 is 17.1 Å². The number of unbranched alkanes of at least 4 members (excludes halogenated alkanes) is 4. The van der Waals surface area contributed by atoms with Gasteiger partial charge in [-0.05, 0) is 0 Å². The van der Waals surface area contributed by atoms with E-state index in [-0.39, 0.29) is 17.1 Å². The van der Waals surface area contributed by atoms with Gasteiger partial charge in [0, 0.05) is 0 Å². The molecule has 0 aliphatic heterocycles. The molecule has 0 aliphatic rings. The largest absolute Gasteiger partial charge is 2.00 e. The second-order valence-corrected chi connectivity index (χ2v) is 11.8. The smallest absolute Gasteiger partial charge is 2.00 e. The molecule has 0 atom stereocenters. The number of rotatable bonds is 14. The van der Waals surface area contributed by atoms with Crippen molar-refractivity contribution in [3.05, 3.63) is 0 Å². The van der Waals surface area contributed by atoms with E-state index < -0.39 is 0 Å². The molecule has 0 aromatic heterocycles. The van der Waals surface area contributed by atoms with Crippen LogP contribution in [0.2, 0.25) is 0 Å². The summed E-state index contributed by atoms with van der Waals surface area (Å²) in [5.74, 6) is 0. The van der Waals surface area contributed by atoms with Gasteiger partial charge in [-0.1, -0.05) is 0 Å². The SMILES string of the molecule is CCCCN(CCCC)C(=[Se])[Se-].CCCCN(CCCC)C(=[Se])[Se-].[Cu+2]. The van der Waals surface area contributed by atoms with Crippen LogP contribution in [0, 0.1) is 0 Å². The Kier molecular flexibility index (Phi) is 30.3. The van der Waals surface area contributed by atoms with Crippen molar-refractivity contribution in [1.82, 2.24) is 9.80 Å². The molecule has 0 saturated heterocycles. The summed E-state index contributed by atoms with van der Waals surface area (Å²) in [5, 5.41) is 0. The van der Waals surface area contributed by atoms with Gasteiger partial charge < -0.3 is 0 Å². The van der Waals surface area contributed by atoms with E-state index in [1.807, 2.05) is 0 Å². The Morgan fingerprint density at radius 2 is 0.800 bits per heavy atom. The number of hydrogen-bond acceptors (Lipinski definition) is 2. The summed E-state index contributed by atoms with van der Waals surface area (Å²) in [6, 6.07) is 0. The molecule has 25 heavy (non-hydrogen) atoms. The van der Waals surface area contributed by atoms with Gasteiger partial charge in [-0.15, -0.1) is 0 Å². The van der Waals surface area contributed by atoms with E-state index in [0.717, 1.165) is 0 Å². The van der Waals surface area contributed by atoms with Crippen LogP contribution < -0.4 is 0 Å². The van der Waals surface area contributed by atoms with Crippen LogP contribution in [0.25, 0.3) is 0 Å². The van der Waals surface area contributed by atoms with Crippen molar-refractivity contribution in [1.29, 1.82) is 0 Å². The van der Waals surface area contributed by atoms with Gasteiger partial charge in [0.2, 0.25) is 0 Å². The maximum atomic E-state index is 3.04. The minimum atomic E-state index is 0. The molecule has 0 aromatic rings. The molecule has 0 aromatic carbocycles. The van der Waals surface area contributed by atoms with E-state index in [1.165, 1.54) is 84.4 Å². The molecule has 7 heteroatoms. The third-order valence-corrected chi connectivity index (χ3v) is 5.81. The van der Waals surface area contributed by atoms with Gasteiger partial charge in [-0.3, -0.25) is 0 Å². The Morgan fingerprint density at radius 1 is 0.600 bits per heavy atom. The third-order valence-electron chi connectivity index (χ3n) is 3.64. The second-order valence-electron chi connectivity index (χ2n) is 5.92. The Labute approximate surface area is 200 Å². The summed E-state index contributed by atoms with van der Waals surface area (Å²) in [4.78, 5) is 4.79. The molecule has 0 N–H and O–H groups in total. The molecular weight excluding hydrogens is 624 g/mol. The fraction of sp³-hybridized carbons (Fsp3) is 0.889. The summed E-state index contributed by atoms with van der Waals surface area (Å²) in [7, 11) is 0. The standard InChI is InChI=1S/2C9H19NSe2.Cu/c2*1-3-5-7-10(9(11)12)8-6-4-2;/h2*3-8H2,1-2H3,(H,11,12);/q;;+2/p-2. The van der Waals surface area contributed by atoms with E-state index in [4.69, 9.17) is 0 Å². The van der Waals surface area contributed by atoms with E-state index in [2.05, 4.69) is 101 Å². The molecule has 0 fully saturated rings. The van der Waals surface area contributed by atoms with Crippen LogP contribution in [0.5, 0.6) is 0 Å². The summed E-state index contributed by atoms with van der Waals surface area (Å²) in [5.41, 5.74) is 0. The summed E-state index contributed by atoms with van der Waals surface area (Å²) < 4.78 is 2.44. The van der Waals surface area contributed by atoms with Crippen LogP contribution in [0.4, 0.5) is 0 Å². The van der Waals surface area contributed by atoms with Crippen molar-refractivity contribution in [3.8, 4) is 0 Å². The van der Waals surface area contributed by atoms with E-state index in [0.29, 0.717) is 0 Å². The van der Waals surface area contributed by atoms with Gasteiger partial charge in [-0.25, -0.2) is 0 Å². The van der Waals surface area contributed by atoms with Gasteiger partial charge in [-0.2, -0.15) is 0 Å². The summed E-state index contributed by atoms with van der Waals surface area (Å²) >= 11 is 12.2. The van der Waals surface area contributed by atoms with Crippen LogP contribution in [0.3, 0.4) is 0 Å². The monoisotopic (exact) mass is 663 g/mol. The molecule has 0 unspecified atom stereocenters. The molecular formula is C18H36CuN2Se4. The predicted molar refractivity (Wildman–Crippen MR) is 116 cm³/mol. The first-order valence-corrected chi connectivity index (χ1v) is 12.8. The Hall–Kier alpha value is 1.94. The quantitative estimate of drug-likeness (QED) is 0.265. The number of nitrogens with zero attached hydrogens (tertiary/aromatic N) is 2. The summed E-state index contributed by atoms with van der Waals surface area (Å²) in [6.07, 6.45) is 10.2. The molecule has 1 radical (unpaired) electrons. The normalized spacial score (nSPS) is 9.44. The Morgan fingerprint density at radius 3 is 0.920 bits per heavy atom. The molecule has 0 heterocycles. The van der Waals surface area contributed by atoms with Gasteiger partial charge in [0.1, 0.15) is 0 Å².